The van der Waals surface area contributed by atoms with Gasteiger partial charge in [0.25, 0.3) is 5.91 Å². The number of morpholine rings is 1. The third kappa shape index (κ3) is 3.23. The highest BCUT2D eigenvalue weighted by Gasteiger charge is 2.21. The highest BCUT2D eigenvalue weighted by Crippen LogP contribution is 2.30. The summed E-state index contributed by atoms with van der Waals surface area (Å²) in [5.41, 5.74) is -0.473. The molecule has 2 N–H and O–H groups in total. The molecule has 21 heavy (non-hydrogen) atoms. The SMILES string of the molecule is Cc1c(N([O-])[O-])cc(C(=O)N2CCOCC2)cc1N(O)O. The first-order valence-electron chi connectivity index (χ1n) is 6.25. The molecule has 1 saturated heterocycles. The highest BCUT2D eigenvalue weighted by atomic mass is 16.8. The zero-order valence-electron chi connectivity index (χ0n) is 11.4. The van der Waals surface area contributed by atoms with Crippen molar-refractivity contribution >= 4 is 17.3 Å². The molecule has 1 aromatic rings. The van der Waals surface area contributed by atoms with Gasteiger partial charge in [0.2, 0.25) is 0 Å². The summed E-state index contributed by atoms with van der Waals surface area (Å²) >= 11 is 0. The van der Waals surface area contributed by atoms with Crippen LogP contribution >= 0.6 is 0 Å². The van der Waals surface area contributed by atoms with E-state index in [1.807, 2.05) is 0 Å². The smallest absolute Gasteiger partial charge is 0.254 e. The lowest BCUT2D eigenvalue weighted by molar-refractivity contribution is 0.0281. The van der Waals surface area contributed by atoms with Gasteiger partial charge in [-0.1, -0.05) is 0 Å². The van der Waals surface area contributed by atoms with E-state index in [1.54, 1.807) is 0 Å². The third-order valence-electron chi connectivity index (χ3n) is 3.31. The molecule has 0 atom stereocenters. The van der Waals surface area contributed by atoms with Crippen LogP contribution in [0.5, 0.6) is 0 Å². The number of anilines is 2. The largest absolute Gasteiger partial charge is 0.769 e. The normalized spacial score (nSPS) is 15.0. The molecule has 1 aliphatic rings. The number of carbonyl (C=O) groups is 1. The van der Waals surface area contributed by atoms with Crippen LogP contribution in [0.25, 0.3) is 0 Å². The minimum atomic E-state index is -0.668. The predicted octanol–water partition coefficient (Wildman–Crippen LogP) is 0.854. The molecule has 2 rings (SSSR count). The summed E-state index contributed by atoms with van der Waals surface area (Å²) in [5, 5.41) is 39.5. The van der Waals surface area contributed by atoms with Crippen molar-refractivity contribution < 1.29 is 19.9 Å². The van der Waals surface area contributed by atoms with Crippen molar-refractivity contribution in [3.05, 3.63) is 33.7 Å². The third-order valence-corrected chi connectivity index (χ3v) is 3.31. The van der Waals surface area contributed by atoms with E-state index in [1.165, 1.54) is 17.9 Å². The van der Waals surface area contributed by atoms with E-state index in [2.05, 4.69) is 0 Å². The van der Waals surface area contributed by atoms with Gasteiger partial charge in [0.15, 0.2) is 0 Å². The van der Waals surface area contributed by atoms with Crippen molar-refractivity contribution in [3.63, 3.8) is 0 Å². The minimum Gasteiger partial charge on any atom is -0.769 e. The van der Waals surface area contributed by atoms with Crippen LogP contribution in [0.4, 0.5) is 11.4 Å². The van der Waals surface area contributed by atoms with Crippen molar-refractivity contribution in [2.75, 3.05) is 36.8 Å². The summed E-state index contributed by atoms with van der Waals surface area (Å²) in [6.07, 6.45) is 0. The Hall–Kier alpha value is -1.91. The van der Waals surface area contributed by atoms with Gasteiger partial charge in [-0.25, -0.2) is 0 Å². The van der Waals surface area contributed by atoms with Gasteiger partial charge >= 0.3 is 0 Å². The minimum absolute atomic E-state index is 0.0253. The topological polar surface area (TPSA) is 123 Å². The van der Waals surface area contributed by atoms with Crippen LogP contribution in [0, 0.1) is 17.3 Å². The van der Waals surface area contributed by atoms with Gasteiger partial charge < -0.3 is 25.3 Å². The van der Waals surface area contributed by atoms with E-state index >= 15 is 0 Å². The number of hydrogen-bond acceptors (Lipinski definition) is 8. The lowest BCUT2D eigenvalue weighted by Crippen LogP contribution is -2.40. The Balaban J connectivity index is 2.40. The van der Waals surface area contributed by atoms with E-state index in [4.69, 9.17) is 15.2 Å². The summed E-state index contributed by atoms with van der Waals surface area (Å²) in [4.78, 5) is 13.8. The monoisotopic (exact) mass is 297 g/mol. The fraction of sp³-hybridized carbons (Fsp3) is 0.417. The molecule has 9 heteroatoms. The van der Waals surface area contributed by atoms with E-state index in [0.717, 1.165) is 6.07 Å². The van der Waals surface area contributed by atoms with Crippen molar-refractivity contribution in [1.29, 1.82) is 0 Å². The average molecular weight is 297 g/mol. The summed E-state index contributed by atoms with van der Waals surface area (Å²) in [5.74, 6) is -0.412. The van der Waals surface area contributed by atoms with Crippen LogP contribution < -0.4 is 10.5 Å². The molecule has 1 fully saturated rings. The Morgan fingerprint density at radius 2 is 1.81 bits per heavy atom. The van der Waals surface area contributed by atoms with Gasteiger partial charge in [-0.05, 0) is 24.6 Å². The fourth-order valence-corrected chi connectivity index (χ4v) is 2.15. The van der Waals surface area contributed by atoms with E-state index < -0.39 is 11.1 Å². The van der Waals surface area contributed by atoms with Gasteiger partial charge in [-0.15, -0.1) is 5.23 Å². The number of ether oxygens (including phenoxy) is 1. The van der Waals surface area contributed by atoms with Gasteiger partial charge in [0.05, 0.1) is 18.9 Å². The summed E-state index contributed by atoms with van der Waals surface area (Å²) in [7, 11) is 0. The molecule has 116 valence electrons. The number of nitrogens with zero attached hydrogens (tertiary/aromatic N) is 3. The quantitative estimate of drug-likeness (QED) is 0.787. The Morgan fingerprint density at radius 1 is 1.24 bits per heavy atom. The Bertz CT molecular complexity index is 499. The number of hydrogen-bond donors (Lipinski definition) is 2. The number of rotatable bonds is 3. The van der Waals surface area contributed by atoms with Crippen molar-refractivity contribution in [1.82, 2.24) is 4.90 Å². The lowest BCUT2D eigenvalue weighted by atomic mass is 10.1. The van der Waals surface area contributed by atoms with Crippen LogP contribution in [-0.4, -0.2) is 47.5 Å². The second kappa shape index (κ2) is 6.24. The standard InChI is InChI=1S/C12H15N3O6/c1-8-10(14(17)18)6-9(7-11(8)15(19)20)12(16)13-2-4-21-5-3-13/h6-7,17-18H,2-5H2,1H3/q-2. The van der Waals surface area contributed by atoms with Gasteiger partial charge in [-0.3, -0.25) is 15.2 Å². The Kier molecular flexibility index (Phi) is 4.60. The van der Waals surface area contributed by atoms with Crippen LogP contribution in [0.3, 0.4) is 0 Å². The molecule has 0 spiro atoms. The van der Waals surface area contributed by atoms with Crippen molar-refractivity contribution in [2.45, 2.75) is 6.92 Å². The van der Waals surface area contributed by atoms with Crippen LogP contribution in [-0.2, 0) is 4.74 Å². The highest BCUT2D eigenvalue weighted by molar-refractivity contribution is 5.97. The van der Waals surface area contributed by atoms with Crippen LogP contribution in [0.1, 0.15) is 15.9 Å². The van der Waals surface area contributed by atoms with E-state index in [-0.39, 0.29) is 27.7 Å². The maximum Gasteiger partial charge on any atom is 0.254 e. The molecule has 0 bridgehead atoms. The molecule has 0 aliphatic carbocycles. The molecular weight excluding hydrogens is 282 g/mol. The molecular formula is C12H15N3O6-2. The maximum atomic E-state index is 12.3. The fourth-order valence-electron chi connectivity index (χ4n) is 2.15. The molecule has 1 aromatic carbocycles. The number of benzene rings is 1. The van der Waals surface area contributed by atoms with E-state index in [9.17, 15) is 15.2 Å². The first kappa shape index (κ1) is 15.5. The summed E-state index contributed by atoms with van der Waals surface area (Å²) in [6, 6.07) is 2.35. The summed E-state index contributed by atoms with van der Waals surface area (Å²) < 4.78 is 5.14. The zero-order valence-corrected chi connectivity index (χ0v) is 11.4. The predicted molar refractivity (Wildman–Crippen MR) is 73.2 cm³/mol. The Morgan fingerprint density at radius 3 is 2.33 bits per heavy atom. The van der Waals surface area contributed by atoms with Crippen LogP contribution in [0.2, 0.25) is 0 Å². The first-order valence-corrected chi connectivity index (χ1v) is 6.25. The Labute approximate surface area is 120 Å². The van der Waals surface area contributed by atoms with Crippen molar-refractivity contribution in [2.24, 2.45) is 0 Å². The molecule has 1 heterocycles. The second-order valence-corrected chi connectivity index (χ2v) is 4.59. The molecule has 1 amide bonds. The average Bonchev–Trinajstić information content (AvgIpc) is 2.47. The molecule has 9 nitrogen and oxygen atoms in total. The van der Waals surface area contributed by atoms with Gasteiger partial charge in [0.1, 0.15) is 0 Å². The number of carbonyl (C=O) groups excluding carboxylic acids is 1. The molecule has 0 unspecified atom stereocenters. The zero-order chi connectivity index (χ0) is 15.6. The maximum absolute atomic E-state index is 12.3. The molecule has 0 aromatic heterocycles. The van der Waals surface area contributed by atoms with E-state index in [0.29, 0.717) is 26.3 Å². The van der Waals surface area contributed by atoms with Gasteiger partial charge in [-0.2, -0.15) is 0 Å². The van der Waals surface area contributed by atoms with Crippen molar-refractivity contribution in [3.8, 4) is 0 Å². The second-order valence-electron chi connectivity index (χ2n) is 4.59. The first-order chi connectivity index (χ1) is 9.91. The molecule has 0 saturated carbocycles. The lowest BCUT2D eigenvalue weighted by Gasteiger charge is -2.39. The van der Waals surface area contributed by atoms with Gasteiger partial charge in [0, 0.05) is 24.3 Å². The number of amides is 1. The molecule has 0 radical (unpaired) electrons. The summed E-state index contributed by atoms with van der Waals surface area (Å²) in [6.45, 7) is 2.95. The van der Waals surface area contributed by atoms with Crippen LogP contribution in [0.15, 0.2) is 12.1 Å². The molecule has 1 aliphatic heterocycles.